The monoisotopic (exact) mass is 322 g/mol. The second-order valence-corrected chi connectivity index (χ2v) is 4.77. The molecule has 7 heteroatoms. The van der Waals surface area contributed by atoms with E-state index in [9.17, 15) is 22.8 Å². The van der Waals surface area contributed by atoms with E-state index in [0.29, 0.717) is 0 Å². The van der Waals surface area contributed by atoms with E-state index in [4.69, 9.17) is 5.73 Å². The van der Waals surface area contributed by atoms with E-state index >= 15 is 0 Å². The predicted molar refractivity (Wildman–Crippen MR) is 78.2 cm³/mol. The van der Waals surface area contributed by atoms with Crippen LogP contribution in [0, 0.1) is 17.5 Å². The quantitative estimate of drug-likeness (QED) is 0.920. The Hall–Kier alpha value is -2.83. The number of carbonyl (C=O) groups is 2. The fourth-order valence-electron chi connectivity index (χ4n) is 2.00. The standard InChI is InChI=1S/C16H13F3N2O2/c17-10-1-4-12(5-2-10)21(8-7-15(20)22)16(23)13-9-11(18)3-6-14(13)19/h1-6,9H,7-8H2,(H2,20,22). The molecule has 0 aliphatic heterocycles. The molecule has 0 aromatic heterocycles. The molecule has 0 spiro atoms. The third-order valence-corrected chi connectivity index (χ3v) is 3.12. The van der Waals surface area contributed by atoms with Gasteiger partial charge in [-0.05, 0) is 42.5 Å². The number of halogens is 3. The highest BCUT2D eigenvalue weighted by Gasteiger charge is 2.22. The highest BCUT2D eigenvalue weighted by atomic mass is 19.1. The first kappa shape index (κ1) is 16.5. The van der Waals surface area contributed by atoms with Crippen molar-refractivity contribution in [2.75, 3.05) is 11.4 Å². The molecule has 2 aromatic carbocycles. The van der Waals surface area contributed by atoms with E-state index in [0.717, 1.165) is 35.2 Å². The van der Waals surface area contributed by atoms with Gasteiger partial charge < -0.3 is 10.6 Å². The Morgan fingerprint density at radius 2 is 1.57 bits per heavy atom. The van der Waals surface area contributed by atoms with Crippen LogP contribution in [0.5, 0.6) is 0 Å². The highest BCUT2D eigenvalue weighted by molar-refractivity contribution is 6.06. The second kappa shape index (κ2) is 6.95. The van der Waals surface area contributed by atoms with Gasteiger partial charge in [0.15, 0.2) is 0 Å². The minimum absolute atomic E-state index is 0.143. The molecule has 0 bridgehead atoms. The van der Waals surface area contributed by atoms with Crippen molar-refractivity contribution in [3.8, 4) is 0 Å². The summed E-state index contributed by atoms with van der Waals surface area (Å²) < 4.78 is 40.1. The Labute approximate surface area is 130 Å². The van der Waals surface area contributed by atoms with Crippen molar-refractivity contribution in [1.29, 1.82) is 0 Å². The van der Waals surface area contributed by atoms with Crippen molar-refractivity contribution in [3.05, 3.63) is 65.5 Å². The number of rotatable bonds is 5. The van der Waals surface area contributed by atoms with Crippen LogP contribution in [-0.2, 0) is 4.79 Å². The van der Waals surface area contributed by atoms with Crippen LogP contribution in [0.15, 0.2) is 42.5 Å². The molecule has 2 amide bonds. The van der Waals surface area contributed by atoms with E-state index in [1.54, 1.807) is 0 Å². The van der Waals surface area contributed by atoms with Crippen LogP contribution in [0.25, 0.3) is 0 Å². The molecule has 2 N–H and O–H groups in total. The van der Waals surface area contributed by atoms with Crippen LogP contribution in [0.3, 0.4) is 0 Å². The first-order chi connectivity index (χ1) is 10.9. The Morgan fingerprint density at radius 3 is 2.17 bits per heavy atom. The molecule has 0 heterocycles. The summed E-state index contributed by atoms with van der Waals surface area (Å²) in [5, 5.41) is 0. The smallest absolute Gasteiger partial charge is 0.261 e. The number of nitrogens with zero attached hydrogens (tertiary/aromatic N) is 1. The van der Waals surface area contributed by atoms with Crippen molar-refractivity contribution in [2.45, 2.75) is 6.42 Å². The van der Waals surface area contributed by atoms with Crippen LogP contribution in [-0.4, -0.2) is 18.4 Å². The molecule has 0 saturated heterocycles. The number of benzene rings is 2. The van der Waals surface area contributed by atoms with E-state index in [-0.39, 0.29) is 18.7 Å². The van der Waals surface area contributed by atoms with Gasteiger partial charge in [0.25, 0.3) is 5.91 Å². The number of nitrogens with two attached hydrogens (primary N) is 1. The van der Waals surface area contributed by atoms with Crippen molar-refractivity contribution >= 4 is 17.5 Å². The van der Waals surface area contributed by atoms with Crippen LogP contribution >= 0.6 is 0 Å². The van der Waals surface area contributed by atoms with E-state index in [1.807, 2.05) is 0 Å². The maximum absolute atomic E-state index is 13.8. The van der Waals surface area contributed by atoms with Crippen molar-refractivity contribution in [3.63, 3.8) is 0 Å². The molecule has 0 aliphatic rings. The van der Waals surface area contributed by atoms with E-state index in [2.05, 4.69) is 0 Å². The predicted octanol–water partition coefficient (Wildman–Crippen LogP) is 2.63. The Morgan fingerprint density at radius 1 is 0.957 bits per heavy atom. The average molecular weight is 322 g/mol. The van der Waals surface area contributed by atoms with Crippen LogP contribution in [0.4, 0.5) is 18.9 Å². The second-order valence-electron chi connectivity index (χ2n) is 4.77. The van der Waals surface area contributed by atoms with E-state index < -0.39 is 34.8 Å². The molecule has 2 rings (SSSR count). The van der Waals surface area contributed by atoms with Gasteiger partial charge in [0.2, 0.25) is 5.91 Å². The van der Waals surface area contributed by atoms with Crippen LogP contribution in [0.2, 0.25) is 0 Å². The summed E-state index contributed by atoms with van der Waals surface area (Å²) in [4.78, 5) is 24.5. The lowest BCUT2D eigenvalue weighted by Crippen LogP contribution is -2.34. The van der Waals surface area contributed by atoms with Gasteiger partial charge in [-0.15, -0.1) is 0 Å². The summed E-state index contributed by atoms with van der Waals surface area (Å²) in [7, 11) is 0. The minimum Gasteiger partial charge on any atom is -0.370 e. The summed E-state index contributed by atoms with van der Waals surface area (Å²) in [6, 6.07) is 7.30. The first-order valence-corrected chi connectivity index (χ1v) is 6.69. The third kappa shape index (κ3) is 4.09. The summed E-state index contributed by atoms with van der Waals surface area (Å²) >= 11 is 0. The van der Waals surface area contributed by atoms with Crippen molar-refractivity contribution < 1.29 is 22.8 Å². The number of anilines is 1. The van der Waals surface area contributed by atoms with Gasteiger partial charge in [0.1, 0.15) is 17.5 Å². The summed E-state index contributed by atoms with van der Waals surface area (Å²) in [5.74, 6) is -3.71. The molecule has 2 aromatic rings. The molecule has 0 radical (unpaired) electrons. The molecular weight excluding hydrogens is 309 g/mol. The van der Waals surface area contributed by atoms with Gasteiger partial charge in [-0.25, -0.2) is 13.2 Å². The molecule has 0 unspecified atom stereocenters. The number of hydrogen-bond donors (Lipinski definition) is 1. The van der Waals surface area contributed by atoms with E-state index in [1.165, 1.54) is 12.1 Å². The Kier molecular flexibility index (Phi) is 5.00. The topological polar surface area (TPSA) is 63.4 Å². The van der Waals surface area contributed by atoms with Crippen molar-refractivity contribution in [2.24, 2.45) is 5.73 Å². The van der Waals surface area contributed by atoms with Gasteiger partial charge in [-0.2, -0.15) is 0 Å². The normalized spacial score (nSPS) is 10.4. The summed E-state index contributed by atoms with van der Waals surface area (Å²) in [6.07, 6.45) is -0.181. The van der Waals surface area contributed by atoms with Crippen LogP contribution in [0.1, 0.15) is 16.8 Å². The zero-order valence-corrected chi connectivity index (χ0v) is 11.9. The number of primary amides is 1. The molecule has 0 saturated carbocycles. The maximum Gasteiger partial charge on any atom is 0.261 e. The molecule has 0 aliphatic carbocycles. The summed E-state index contributed by atoms with van der Waals surface area (Å²) in [6.45, 7) is -0.143. The lowest BCUT2D eigenvalue weighted by atomic mass is 10.1. The lowest BCUT2D eigenvalue weighted by Gasteiger charge is -2.22. The molecule has 120 valence electrons. The lowest BCUT2D eigenvalue weighted by molar-refractivity contribution is -0.117. The third-order valence-electron chi connectivity index (χ3n) is 3.12. The molecule has 4 nitrogen and oxygen atoms in total. The van der Waals surface area contributed by atoms with Crippen LogP contribution < -0.4 is 10.6 Å². The Balaban J connectivity index is 2.39. The number of amides is 2. The summed E-state index contributed by atoms with van der Waals surface area (Å²) in [5.41, 5.74) is 4.81. The maximum atomic E-state index is 13.8. The SMILES string of the molecule is NC(=O)CCN(C(=O)c1cc(F)ccc1F)c1ccc(F)cc1. The van der Waals surface area contributed by atoms with Crippen molar-refractivity contribution in [1.82, 2.24) is 0 Å². The Bertz CT molecular complexity index is 733. The number of hydrogen-bond acceptors (Lipinski definition) is 2. The fourth-order valence-corrected chi connectivity index (χ4v) is 2.00. The minimum atomic E-state index is -0.900. The van der Waals surface area contributed by atoms with Gasteiger partial charge in [0, 0.05) is 18.7 Å². The molecule has 23 heavy (non-hydrogen) atoms. The number of carbonyl (C=O) groups excluding carboxylic acids is 2. The van der Waals surface area contributed by atoms with Gasteiger partial charge in [-0.3, -0.25) is 9.59 Å². The molecule has 0 fully saturated rings. The zero-order valence-electron chi connectivity index (χ0n) is 11.9. The zero-order chi connectivity index (χ0) is 17.0. The molecular formula is C16H13F3N2O2. The van der Waals surface area contributed by atoms with Gasteiger partial charge in [-0.1, -0.05) is 0 Å². The fraction of sp³-hybridized carbons (Fsp3) is 0.125. The average Bonchev–Trinajstić information content (AvgIpc) is 2.51. The largest absolute Gasteiger partial charge is 0.370 e. The first-order valence-electron chi connectivity index (χ1n) is 6.69. The molecule has 0 atom stereocenters. The van der Waals surface area contributed by atoms with Gasteiger partial charge >= 0.3 is 0 Å². The van der Waals surface area contributed by atoms with Gasteiger partial charge in [0.05, 0.1) is 5.56 Å². The highest BCUT2D eigenvalue weighted by Crippen LogP contribution is 2.20.